The zero-order valence-electron chi connectivity index (χ0n) is 12.9. The topological polar surface area (TPSA) is 71.6 Å². The third-order valence-corrected chi connectivity index (χ3v) is 3.14. The number of anilines is 1. The summed E-state index contributed by atoms with van der Waals surface area (Å²) in [6, 6.07) is 6.18. The number of hydrogen-bond acceptors (Lipinski definition) is 3. The summed E-state index contributed by atoms with van der Waals surface area (Å²) in [7, 11) is 4.24. The molecule has 0 unspecified atom stereocenters. The van der Waals surface area contributed by atoms with Gasteiger partial charge < -0.3 is 15.5 Å². The largest absolute Gasteiger partial charge is 0.362 e. The van der Waals surface area contributed by atoms with Crippen LogP contribution in [0.3, 0.4) is 0 Å². The van der Waals surface area contributed by atoms with Gasteiger partial charge in [0.05, 0.1) is 25.6 Å². The van der Waals surface area contributed by atoms with E-state index in [0.29, 0.717) is 5.11 Å². The monoisotopic (exact) mass is 311 g/mol. The van der Waals surface area contributed by atoms with Gasteiger partial charge in [-0.2, -0.15) is 0 Å². The number of non-ortho nitro benzene ring substituents is 1. The van der Waals surface area contributed by atoms with Crippen LogP contribution >= 0.6 is 12.2 Å². The van der Waals surface area contributed by atoms with E-state index in [0.717, 1.165) is 18.8 Å². The summed E-state index contributed by atoms with van der Waals surface area (Å²) in [4.78, 5) is 11.5. The molecule has 7 heteroatoms. The predicted molar refractivity (Wildman–Crippen MR) is 88.8 cm³/mol. The molecule has 0 atom stereocenters. The molecule has 1 aromatic carbocycles. The highest BCUT2D eigenvalue weighted by Crippen LogP contribution is 2.15. The van der Waals surface area contributed by atoms with Crippen LogP contribution in [0.2, 0.25) is 0 Å². The summed E-state index contributed by atoms with van der Waals surface area (Å²) in [6.45, 7) is 6.15. The summed E-state index contributed by atoms with van der Waals surface area (Å²) in [5.74, 6) is 0. The fourth-order valence-corrected chi connectivity index (χ4v) is 2.37. The van der Waals surface area contributed by atoms with E-state index in [-0.39, 0.29) is 11.1 Å². The Kier molecular flexibility index (Phi) is 6.04. The highest BCUT2D eigenvalue weighted by molar-refractivity contribution is 7.80. The van der Waals surface area contributed by atoms with Gasteiger partial charge in [-0.3, -0.25) is 10.1 Å². The molecule has 3 N–H and O–H groups in total. The van der Waals surface area contributed by atoms with Crippen LogP contribution in [0.4, 0.5) is 11.4 Å². The first-order chi connectivity index (χ1) is 9.69. The Morgan fingerprint density at radius 3 is 2.38 bits per heavy atom. The molecular weight excluding hydrogens is 288 g/mol. The number of rotatable bonds is 6. The average Bonchev–Trinajstić information content (AvgIpc) is 2.36. The zero-order chi connectivity index (χ0) is 16.0. The highest BCUT2D eigenvalue weighted by Gasteiger charge is 2.21. The molecule has 0 saturated heterocycles. The van der Waals surface area contributed by atoms with Crippen molar-refractivity contribution in [2.24, 2.45) is 5.41 Å². The number of nitrogens with zero attached hydrogens (tertiary/aromatic N) is 1. The van der Waals surface area contributed by atoms with Gasteiger partial charge in [0.15, 0.2) is 5.11 Å². The van der Waals surface area contributed by atoms with Gasteiger partial charge in [0, 0.05) is 29.8 Å². The molecule has 0 aliphatic carbocycles. The quantitative estimate of drug-likeness (QED) is 0.416. The Hall–Kier alpha value is -1.73. The lowest BCUT2D eigenvalue weighted by atomic mass is 9.93. The summed E-state index contributed by atoms with van der Waals surface area (Å²) >= 11 is 5.24. The summed E-state index contributed by atoms with van der Waals surface area (Å²) in [6.07, 6.45) is 0. The standard InChI is InChI=1S/C14H22N4O2S/c1-14(2,10-17(3)4)9-15-13(21)16-11-5-7-12(8-6-11)18(19)20/h5-8H,9-10H2,1-4H3,(H2,15,16,21)/p+1. The minimum Gasteiger partial charge on any atom is -0.362 e. The number of thiocarbonyl (C=S) groups is 1. The third kappa shape index (κ3) is 6.50. The predicted octanol–water partition coefficient (Wildman–Crippen LogP) is 1.05. The third-order valence-electron chi connectivity index (χ3n) is 2.90. The summed E-state index contributed by atoms with van der Waals surface area (Å²) in [5, 5.41) is 17.3. The number of hydrogen-bond donors (Lipinski definition) is 3. The van der Waals surface area contributed by atoms with Gasteiger partial charge in [0.1, 0.15) is 0 Å². The number of nitrogens with one attached hydrogen (secondary N) is 3. The SMILES string of the molecule is C[NH+](C)CC(C)(C)CNC(=S)Nc1ccc([N+](=O)[O-])cc1. The molecule has 0 saturated carbocycles. The van der Waals surface area contributed by atoms with Gasteiger partial charge in [0.25, 0.3) is 5.69 Å². The fraction of sp³-hybridized carbons (Fsp3) is 0.500. The van der Waals surface area contributed by atoms with Crippen molar-refractivity contribution in [2.45, 2.75) is 13.8 Å². The number of quaternary nitrogens is 1. The van der Waals surface area contributed by atoms with Crippen LogP contribution in [0.1, 0.15) is 13.8 Å². The molecule has 0 bridgehead atoms. The number of nitro groups is 1. The molecule has 0 aliphatic heterocycles. The van der Waals surface area contributed by atoms with E-state index in [2.05, 4.69) is 38.6 Å². The minimum atomic E-state index is -0.424. The van der Waals surface area contributed by atoms with Crippen molar-refractivity contribution in [3.8, 4) is 0 Å². The molecule has 116 valence electrons. The van der Waals surface area contributed by atoms with Gasteiger partial charge in [-0.1, -0.05) is 13.8 Å². The fourth-order valence-electron chi connectivity index (χ4n) is 2.18. The molecule has 0 aromatic heterocycles. The lowest BCUT2D eigenvalue weighted by Gasteiger charge is -2.26. The van der Waals surface area contributed by atoms with Crippen LogP contribution in [0, 0.1) is 15.5 Å². The molecule has 0 radical (unpaired) electrons. The van der Waals surface area contributed by atoms with Crippen LogP contribution in [0.15, 0.2) is 24.3 Å². The Balaban J connectivity index is 2.48. The van der Waals surface area contributed by atoms with E-state index in [1.54, 1.807) is 12.1 Å². The van der Waals surface area contributed by atoms with E-state index in [9.17, 15) is 10.1 Å². The molecular formula is C14H23N4O2S+. The molecule has 0 fully saturated rings. The maximum absolute atomic E-state index is 10.6. The van der Waals surface area contributed by atoms with Crippen molar-refractivity contribution in [3.05, 3.63) is 34.4 Å². The molecule has 6 nitrogen and oxygen atoms in total. The minimum absolute atomic E-state index is 0.0644. The van der Waals surface area contributed by atoms with Crippen molar-refractivity contribution in [2.75, 3.05) is 32.5 Å². The van der Waals surface area contributed by atoms with Crippen molar-refractivity contribution < 1.29 is 9.82 Å². The Morgan fingerprint density at radius 1 is 1.33 bits per heavy atom. The van der Waals surface area contributed by atoms with Crippen molar-refractivity contribution in [1.82, 2.24) is 5.32 Å². The molecule has 0 heterocycles. The lowest BCUT2D eigenvalue weighted by Crippen LogP contribution is -3.07. The smallest absolute Gasteiger partial charge is 0.269 e. The lowest BCUT2D eigenvalue weighted by molar-refractivity contribution is -0.865. The molecule has 0 spiro atoms. The average molecular weight is 311 g/mol. The molecule has 1 rings (SSSR count). The van der Waals surface area contributed by atoms with E-state index in [4.69, 9.17) is 12.2 Å². The van der Waals surface area contributed by atoms with E-state index in [1.165, 1.54) is 17.0 Å². The molecule has 0 aliphatic rings. The normalized spacial score (nSPS) is 11.3. The molecule has 21 heavy (non-hydrogen) atoms. The van der Waals surface area contributed by atoms with Crippen LogP contribution in [-0.2, 0) is 0 Å². The van der Waals surface area contributed by atoms with Gasteiger partial charge in [-0.15, -0.1) is 0 Å². The van der Waals surface area contributed by atoms with Crippen molar-refractivity contribution in [1.29, 1.82) is 0 Å². The first-order valence-corrected chi connectivity index (χ1v) is 7.19. The van der Waals surface area contributed by atoms with Crippen LogP contribution in [0.25, 0.3) is 0 Å². The van der Waals surface area contributed by atoms with E-state index in [1.807, 2.05) is 0 Å². The second-order valence-corrected chi connectivity index (χ2v) is 6.57. The van der Waals surface area contributed by atoms with Crippen molar-refractivity contribution >= 4 is 28.7 Å². The Bertz CT molecular complexity index is 500. The zero-order valence-corrected chi connectivity index (χ0v) is 13.7. The van der Waals surface area contributed by atoms with Crippen LogP contribution in [-0.4, -0.2) is 37.2 Å². The molecule has 1 aromatic rings. The van der Waals surface area contributed by atoms with Gasteiger partial charge in [0.2, 0.25) is 0 Å². The summed E-state index contributed by atoms with van der Waals surface area (Å²) < 4.78 is 0. The molecule has 0 amide bonds. The maximum Gasteiger partial charge on any atom is 0.269 e. The Labute approximate surface area is 130 Å². The maximum atomic E-state index is 10.6. The van der Waals surface area contributed by atoms with Crippen LogP contribution < -0.4 is 15.5 Å². The van der Waals surface area contributed by atoms with Gasteiger partial charge in [-0.25, -0.2) is 0 Å². The first kappa shape index (κ1) is 17.3. The van der Waals surface area contributed by atoms with E-state index < -0.39 is 4.92 Å². The van der Waals surface area contributed by atoms with Gasteiger partial charge in [-0.05, 0) is 24.4 Å². The van der Waals surface area contributed by atoms with Crippen LogP contribution in [0.5, 0.6) is 0 Å². The summed E-state index contributed by atoms with van der Waals surface area (Å²) in [5.41, 5.74) is 0.920. The van der Waals surface area contributed by atoms with Gasteiger partial charge >= 0.3 is 0 Å². The van der Waals surface area contributed by atoms with E-state index >= 15 is 0 Å². The highest BCUT2D eigenvalue weighted by atomic mass is 32.1. The van der Waals surface area contributed by atoms with Crippen molar-refractivity contribution in [3.63, 3.8) is 0 Å². The first-order valence-electron chi connectivity index (χ1n) is 6.78. The number of benzene rings is 1. The second-order valence-electron chi connectivity index (χ2n) is 6.16. The second kappa shape index (κ2) is 7.33. The number of nitro benzene ring substituents is 1. The Morgan fingerprint density at radius 2 is 1.90 bits per heavy atom.